The number of pyridine rings is 1. The van der Waals surface area contributed by atoms with Crippen molar-refractivity contribution in [2.75, 3.05) is 18.4 Å². The van der Waals surface area contributed by atoms with Crippen LogP contribution in [0.5, 0.6) is 0 Å². The maximum Gasteiger partial charge on any atom is 0.255 e. The molecule has 1 heterocycles. The highest BCUT2D eigenvalue weighted by Crippen LogP contribution is 2.12. The fourth-order valence-corrected chi connectivity index (χ4v) is 2.66. The molecule has 0 fully saturated rings. The zero-order valence-corrected chi connectivity index (χ0v) is 14.9. The van der Waals surface area contributed by atoms with Gasteiger partial charge in [0.15, 0.2) is 0 Å². The molecular formula is C20H27N3O. The van der Waals surface area contributed by atoms with Gasteiger partial charge in [0.25, 0.3) is 5.91 Å². The topological polar surface area (TPSA) is 45.2 Å². The Labute approximate surface area is 144 Å². The molecule has 1 amide bonds. The van der Waals surface area contributed by atoms with E-state index in [0.29, 0.717) is 5.56 Å². The number of carbonyl (C=O) groups excluding carboxylic acids is 1. The molecule has 0 spiro atoms. The Morgan fingerprint density at radius 1 is 1.08 bits per heavy atom. The summed E-state index contributed by atoms with van der Waals surface area (Å²) < 4.78 is 0. The van der Waals surface area contributed by atoms with Gasteiger partial charge in [0.1, 0.15) is 5.82 Å². The molecule has 0 aliphatic heterocycles. The first-order valence-electron chi connectivity index (χ1n) is 8.69. The first kappa shape index (κ1) is 18.0. The third-order valence-corrected chi connectivity index (χ3v) is 4.01. The summed E-state index contributed by atoms with van der Waals surface area (Å²) in [6, 6.07) is 12.0. The van der Waals surface area contributed by atoms with Crippen molar-refractivity contribution in [1.82, 2.24) is 9.88 Å². The first-order valence-corrected chi connectivity index (χ1v) is 8.69. The lowest BCUT2D eigenvalue weighted by molar-refractivity contribution is 0.0755. The summed E-state index contributed by atoms with van der Waals surface area (Å²) in [5, 5.41) is 3.31. The number of nitrogens with zero attached hydrogens (tertiary/aromatic N) is 2. The molecule has 0 aliphatic rings. The van der Waals surface area contributed by atoms with Crippen LogP contribution >= 0.6 is 0 Å². The summed E-state index contributed by atoms with van der Waals surface area (Å²) in [6.45, 7) is 8.59. The van der Waals surface area contributed by atoms with Crippen molar-refractivity contribution in [3.63, 3.8) is 0 Å². The van der Waals surface area contributed by atoms with E-state index in [1.54, 1.807) is 6.20 Å². The Balaban J connectivity index is 1.99. The van der Waals surface area contributed by atoms with E-state index < -0.39 is 0 Å². The number of aryl methyl sites for hydroxylation is 1. The number of rotatable bonds is 8. The molecular weight excluding hydrogens is 298 g/mol. The van der Waals surface area contributed by atoms with E-state index in [4.69, 9.17) is 0 Å². The fourth-order valence-electron chi connectivity index (χ4n) is 2.66. The minimum Gasteiger partial charge on any atom is -0.366 e. The number of benzene rings is 1. The minimum atomic E-state index is 0.0663. The van der Waals surface area contributed by atoms with Gasteiger partial charge in [0.05, 0.1) is 5.56 Å². The largest absolute Gasteiger partial charge is 0.366 e. The molecule has 1 aromatic carbocycles. The molecule has 0 aliphatic carbocycles. The van der Waals surface area contributed by atoms with Crippen LogP contribution in [0.2, 0.25) is 0 Å². The Morgan fingerprint density at radius 3 is 2.38 bits per heavy atom. The van der Waals surface area contributed by atoms with Crippen molar-refractivity contribution in [1.29, 1.82) is 0 Å². The van der Waals surface area contributed by atoms with E-state index in [-0.39, 0.29) is 5.91 Å². The van der Waals surface area contributed by atoms with E-state index in [2.05, 4.69) is 43.2 Å². The van der Waals surface area contributed by atoms with Gasteiger partial charge in [-0.1, -0.05) is 38.1 Å². The van der Waals surface area contributed by atoms with Gasteiger partial charge >= 0.3 is 0 Å². The van der Waals surface area contributed by atoms with Crippen LogP contribution < -0.4 is 5.32 Å². The second-order valence-corrected chi connectivity index (χ2v) is 6.00. The van der Waals surface area contributed by atoms with Crippen LogP contribution in [-0.4, -0.2) is 28.9 Å². The second-order valence-electron chi connectivity index (χ2n) is 6.00. The van der Waals surface area contributed by atoms with Gasteiger partial charge in [-0.05, 0) is 43.0 Å². The normalized spacial score (nSPS) is 10.5. The van der Waals surface area contributed by atoms with Gasteiger partial charge in [-0.15, -0.1) is 0 Å². The molecule has 0 saturated carbocycles. The van der Waals surface area contributed by atoms with Crippen molar-refractivity contribution in [2.45, 2.75) is 40.2 Å². The maximum absolute atomic E-state index is 12.5. The summed E-state index contributed by atoms with van der Waals surface area (Å²) >= 11 is 0. The van der Waals surface area contributed by atoms with Gasteiger partial charge in [-0.3, -0.25) is 4.79 Å². The summed E-state index contributed by atoms with van der Waals surface area (Å²) in [6.07, 6.45) is 3.60. The quantitative estimate of drug-likeness (QED) is 0.788. The van der Waals surface area contributed by atoms with E-state index in [0.717, 1.165) is 38.3 Å². The smallest absolute Gasteiger partial charge is 0.255 e. The predicted octanol–water partition coefficient (Wildman–Crippen LogP) is 4.26. The molecule has 4 heteroatoms. The molecule has 0 saturated heterocycles. The number of hydrogen-bond acceptors (Lipinski definition) is 3. The lowest BCUT2D eigenvalue weighted by Crippen LogP contribution is -2.32. The van der Waals surface area contributed by atoms with Crippen LogP contribution in [-0.2, 0) is 6.54 Å². The molecule has 1 N–H and O–H groups in total. The number of carbonyl (C=O) groups is 1. The number of nitrogens with one attached hydrogen (secondary N) is 1. The zero-order valence-electron chi connectivity index (χ0n) is 14.9. The SMILES string of the molecule is CCCN(CCC)C(=O)c1ccc(NCc2ccccc2C)nc1. The average molecular weight is 325 g/mol. The minimum absolute atomic E-state index is 0.0663. The monoisotopic (exact) mass is 325 g/mol. The van der Waals surface area contributed by atoms with E-state index in [1.807, 2.05) is 29.2 Å². The van der Waals surface area contributed by atoms with Crippen molar-refractivity contribution < 1.29 is 4.79 Å². The van der Waals surface area contributed by atoms with Crippen LogP contribution in [0.25, 0.3) is 0 Å². The maximum atomic E-state index is 12.5. The van der Waals surface area contributed by atoms with Crippen LogP contribution in [0.15, 0.2) is 42.6 Å². The van der Waals surface area contributed by atoms with Crippen LogP contribution in [0.4, 0.5) is 5.82 Å². The summed E-state index contributed by atoms with van der Waals surface area (Å²) in [5.41, 5.74) is 3.15. The van der Waals surface area contributed by atoms with Gasteiger partial charge in [0, 0.05) is 25.8 Å². The van der Waals surface area contributed by atoms with Crippen molar-refractivity contribution in [2.24, 2.45) is 0 Å². The van der Waals surface area contributed by atoms with Crippen molar-refractivity contribution >= 4 is 11.7 Å². The van der Waals surface area contributed by atoms with E-state index in [9.17, 15) is 4.79 Å². The lowest BCUT2D eigenvalue weighted by atomic mass is 10.1. The standard InChI is InChI=1S/C20H27N3O/c1-4-12-23(13-5-2)20(24)18-10-11-19(22-15-18)21-14-17-9-7-6-8-16(17)3/h6-11,15H,4-5,12-14H2,1-3H3,(H,21,22). The number of hydrogen-bond donors (Lipinski definition) is 1. The number of aromatic nitrogens is 1. The summed E-state index contributed by atoms with van der Waals surface area (Å²) in [4.78, 5) is 18.8. The van der Waals surface area contributed by atoms with Gasteiger partial charge in [-0.25, -0.2) is 4.98 Å². The summed E-state index contributed by atoms with van der Waals surface area (Å²) in [7, 11) is 0. The molecule has 1 aromatic heterocycles. The highest BCUT2D eigenvalue weighted by atomic mass is 16.2. The molecule has 2 aromatic rings. The summed E-state index contributed by atoms with van der Waals surface area (Å²) in [5.74, 6) is 0.851. The lowest BCUT2D eigenvalue weighted by Gasteiger charge is -2.21. The zero-order chi connectivity index (χ0) is 17.4. The molecule has 2 rings (SSSR count). The number of amides is 1. The fraction of sp³-hybridized carbons (Fsp3) is 0.400. The van der Waals surface area contributed by atoms with Gasteiger partial charge < -0.3 is 10.2 Å². The van der Waals surface area contributed by atoms with Crippen LogP contribution in [0.3, 0.4) is 0 Å². The predicted molar refractivity (Wildman–Crippen MR) is 99.2 cm³/mol. The third-order valence-electron chi connectivity index (χ3n) is 4.01. The van der Waals surface area contributed by atoms with E-state index in [1.165, 1.54) is 11.1 Å². The Kier molecular flexibility index (Phi) is 6.79. The van der Waals surface area contributed by atoms with E-state index >= 15 is 0 Å². The molecule has 0 unspecified atom stereocenters. The van der Waals surface area contributed by atoms with Crippen LogP contribution in [0, 0.1) is 6.92 Å². The molecule has 24 heavy (non-hydrogen) atoms. The highest BCUT2D eigenvalue weighted by Gasteiger charge is 2.14. The Morgan fingerprint density at radius 2 is 1.79 bits per heavy atom. The third kappa shape index (κ3) is 4.82. The number of anilines is 1. The first-order chi connectivity index (χ1) is 11.7. The molecule has 0 radical (unpaired) electrons. The second kappa shape index (κ2) is 9.06. The van der Waals surface area contributed by atoms with Crippen molar-refractivity contribution in [3.05, 3.63) is 59.3 Å². The molecule has 0 atom stereocenters. The van der Waals surface area contributed by atoms with Gasteiger partial charge in [0.2, 0.25) is 0 Å². The Hall–Kier alpha value is -2.36. The average Bonchev–Trinajstić information content (AvgIpc) is 2.61. The molecule has 4 nitrogen and oxygen atoms in total. The van der Waals surface area contributed by atoms with Crippen molar-refractivity contribution in [3.8, 4) is 0 Å². The molecule has 0 bridgehead atoms. The highest BCUT2D eigenvalue weighted by molar-refractivity contribution is 5.94. The molecule has 128 valence electrons. The van der Waals surface area contributed by atoms with Crippen LogP contribution in [0.1, 0.15) is 48.2 Å². The Bertz CT molecular complexity index is 646. The van der Waals surface area contributed by atoms with Gasteiger partial charge in [-0.2, -0.15) is 0 Å².